The monoisotopic (exact) mass is 543 g/mol. The summed E-state index contributed by atoms with van der Waals surface area (Å²) in [5.74, 6) is -3.04. The number of nitrogens with one attached hydrogen (secondary N) is 1. The molecule has 0 aliphatic carbocycles. The van der Waals surface area contributed by atoms with Gasteiger partial charge in [-0.1, -0.05) is 35.1 Å². The molecule has 0 bridgehead atoms. The first-order valence-corrected chi connectivity index (χ1v) is 12.7. The fourth-order valence-electron chi connectivity index (χ4n) is 4.43. The number of aromatic carboxylic acids is 1. The predicted octanol–water partition coefficient (Wildman–Crippen LogP) is 2.19. The standard InChI is InChI=1S/C25H26FN5O6S/c1-3-4-5-6-17(28-37)23(34)27-13-20(32)30-9-7-29(8-10-30)19-12-18-15(11-16(19)26)22(33)21(25(35)36)24-31(18)14(2)38-24/h3-6,11-12,14,37H,7-10,13H2,1-2H3,(H,27,34)(H,35,36)/b4-3-,6-5-,28-17-. The van der Waals surface area contributed by atoms with Crippen LogP contribution in [0.15, 0.2) is 51.4 Å². The highest BCUT2D eigenvalue weighted by molar-refractivity contribution is 8.00. The number of anilines is 1. The number of oxime groups is 1. The van der Waals surface area contributed by atoms with Gasteiger partial charge in [0.15, 0.2) is 5.71 Å². The molecule has 3 N–H and O–H groups in total. The van der Waals surface area contributed by atoms with Gasteiger partial charge in [0.2, 0.25) is 11.3 Å². The van der Waals surface area contributed by atoms with Gasteiger partial charge in [0.05, 0.1) is 28.1 Å². The smallest absolute Gasteiger partial charge is 0.342 e. The SMILES string of the molecule is C\C=C/C=C\C(=N\O)C(=O)NCC(=O)N1CCN(c2cc3c(cc2F)c(=O)c(C(=O)O)c2n3C(C)S2)CC1. The third-order valence-electron chi connectivity index (χ3n) is 6.36. The Kier molecular flexibility index (Phi) is 7.86. The summed E-state index contributed by atoms with van der Waals surface area (Å²) in [6, 6.07) is 2.65. The van der Waals surface area contributed by atoms with Crippen LogP contribution in [0.5, 0.6) is 0 Å². The average molecular weight is 544 g/mol. The molecule has 1 fully saturated rings. The maximum atomic E-state index is 15.1. The molecule has 2 amide bonds. The van der Waals surface area contributed by atoms with Crippen LogP contribution < -0.4 is 15.6 Å². The lowest BCUT2D eigenvalue weighted by molar-refractivity contribution is -0.132. The Hall–Kier alpha value is -4.13. The molecule has 2 aliphatic rings. The summed E-state index contributed by atoms with van der Waals surface area (Å²) < 4.78 is 16.9. The second-order valence-corrected chi connectivity index (χ2v) is 9.95. The summed E-state index contributed by atoms with van der Waals surface area (Å²) in [4.78, 5) is 52.5. The van der Waals surface area contributed by atoms with Gasteiger partial charge < -0.3 is 30.0 Å². The van der Waals surface area contributed by atoms with Crippen molar-refractivity contribution in [1.29, 1.82) is 0 Å². The third kappa shape index (κ3) is 5.01. The molecule has 13 heteroatoms. The minimum absolute atomic E-state index is 0.00968. The van der Waals surface area contributed by atoms with Crippen molar-refractivity contribution >= 4 is 51.8 Å². The van der Waals surface area contributed by atoms with E-state index in [1.54, 1.807) is 34.6 Å². The van der Waals surface area contributed by atoms with Crippen LogP contribution >= 0.6 is 11.8 Å². The molecular formula is C25H26FN5O6S. The number of thioether (sulfide) groups is 1. The van der Waals surface area contributed by atoms with Crippen molar-refractivity contribution in [1.82, 2.24) is 14.8 Å². The number of carbonyl (C=O) groups is 3. The number of halogens is 1. The Bertz CT molecular complexity index is 1460. The van der Waals surface area contributed by atoms with E-state index >= 15 is 4.39 Å². The number of carboxylic acid groups (broad SMARTS) is 1. The summed E-state index contributed by atoms with van der Waals surface area (Å²) in [6.07, 6.45) is 6.21. The maximum Gasteiger partial charge on any atom is 0.342 e. The third-order valence-corrected chi connectivity index (χ3v) is 7.54. The molecule has 11 nitrogen and oxygen atoms in total. The van der Waals surface area contributed by atoms with E-state index in [4.69, 9.17) is 5.21 Å². The van der Waals surface area contributed by atoms with E-state index in [1.165, 1.54) is 28.8 Å². The molecule has 0 radical (unpaired) electrons. The molecule has 1 aromatic heterocycles. The summed E-state index contributed by atoms with van der Waals surface area (Å²) in [5, 5.41) is 24.1. The van der Waals surface area contributed by atoms with Gasteiger partial charge in [-0.2, -0.15) is 0 Å². The molecule has 1 atom stereocenters. The van der Waals surface area contributed by atoms with Crippen molar-refractivity contribution in [3.63, 3.8) is 0 Å². The van der Waals surface area contributed by atoms with Crippen molar-refractivity contribution in [2.24, 2.45) is 5.16 Å². The van der Waals surface area contributed by atoms with Crippen molar-refractivity contribution in [3.8, 4) is 0 Å². The van der Waals surface area contributed by atoms with Gasteiger partial charge in [0, 0.05) is 31.6 Å². The largest absolute Gasteiger partial charge is 0.477 e. The Morgan fingerprint density at radius 2 is 1.92 bits per heavy atom. The van der Waals surface area contributed by atoms with Gasteiger partial charge in [-0.3, -0.25) is 14.4 Å². The van der Waals surface area contributed by atoms with E-state index in [9.17, 15) is 24.3 Å². The van der Waals surface area contributed by atoms with Gasteiger partial charge >= 0.3 is 5.97 Å². The lowest BCUT2D eigenvalue weighted by Gasteiger charge is -2.37. The van der Waals surface area contributed by atoms with E-state index in [2.05, 4.69) is 10.5 Å². The lowest BCUT2D eigenvalue weighted by atomic mass is 10.1. The second-order valence-electron chi connectivity index (χ2n) is 8.64. The number of nitrogens with zero attached hydrogens (tertiary/aromatic N) is 4. The first kappa shape index (κ1) is 26.9. The highest BCUT2D eigenvalue weighted by Gasteiger charge is 2.33. The Morgan fingerprint density at radius 3 is 2.53 bits per heavy atom. The number of hydrogen-bond acceptors (Lipinski definition) is 8. The summed E-state index contributed by atoms with van der Waals surface area (Å²) >= 11 is 1.27. The zero-order chi connectivity index (χ0) is 27.6. The first-order chi connectivity index (χ1) is 18.2. The fourth-order valence-corrected chi connectivity index (χ4v) is 5.59. The van der Waals surface area contributed by atoms with Crippen molar-refractivity contribution in [3.05, 3.63) is 58.0 Å². The highest BCUT2D eigenvalue weighted by atomic mass is 32.2. The number of carboxylic acids is 1. The van der Waals surface area contributed by atoms with E-state index in [0.29, 0.717) is 23.6 Å². The molecule has 1 saturated heterocycles. The predicted molar refractivity (Wildman–Crippen MR) is 141 cm³/mol. The molecule has 2 aromatic rings. The minimum atomic E-state index is -1.34. The molecule has 1 aromatic carbocycles. The van der Waals surface area contributed by atoms with E-state index in [-0.39, 0.29) is 53.3 Å². The number of carbonyl (C=O) groups excluding carboxylic acids is 2. The van der Waals surface area contributed by atoms with Crippen LogP contribution in [0.2, 0.25) is 0 Å². The molecular weight excluding hydrogens is 517 g/mol. The topological polar surface area (TPSA) is 145 Å². The van der Waals surface area contributed by atoms with Gasteiger partial charge in [0.1, 0.15) is 11.4 Å². The zero-order valence-corrected chi connectivity index (χ0v) is 21.5. The molecule has 4 rings (SSSR count). The van der Waals surface area contributed by atoms with Crippen LogP contribution in [0.3, 0.4) is 0 Å². The molecule has 1 unspecified atom stereocenters. The molecule has 2 aliphatic heterocycles. The quantitative estimate of drug-likeness (QED) is 0.209. The lowest BCUT2D eigenvalue weighted by Crippen LogP contribution is -2.51. The normalized spacial score (nSPS) is 17.7. The number of aromatic nitrogens is 1. The van der Waals surface area contributed by atoms with Crippen LogP contribution in [0.25, 0.3) is 10.9 Å². The Labute approximate surface area is 220 Å². The second kappa shape index (κ2) is 11.1. The number of hydrogen-bond donors (Lipinski definition) is 3. The zero-order valence-electron chi connectivity index (χ0n) is 20.7. The number of pyridine rings is 1. The number of piperazine rings is 1. The summed E-state index contributed by atoms with van der Waals surface area (Å²) in [7, 11) is 0. The maximum absolute atomic E-state index is 15.1. The molecule has 0 spiro atoms. The van der Waals surface area contributed by atoms with E-state index < -0.39 is 23.1 Å². The van der Waals surface area contributed by atoms with Crippen LogP contribution in [0, 0.1) is 5.82 Å². The van der Waals surface area contributed by atoms with Crippen molar-refractivity contribution in [2.75, 3.05) is 37.6 Å². The van der Waals surface area contributed by atoms with Crippen LogP contribution in [0.4, 0.5) is 10.1 Å². The highest BCUT2D eigenvalue weighted by Crippen LogP contribution is 2.46. The molecule has 38 heavy (non-hydrogen) atoms. The Morgan fingerprint density at radius 1 is 1.21 bits per heavy atom. The van der Waals surface area contributed by atoms with Crippen molar-refractivity contribution in [2.45, 2.75) is 24.2 Å². The molecule has 200 valence electrons. The number of amides is 2. The Balaban J connectivity index is 1.45. The van der Waals surface area contributed by atoms with Crippen LogP contribution in [0.1, 0.15) is 29.6 Å². The fraction of sp³-hybridized carbons (Fsp3) is 0.320. The average Bonchev–Trinajstić information content (AvgIpc) is 2.89. The summed E-state index contributed by atoms with van der Waals surface area (Å²) in [6.45, 7) is 4.53. The molecule has 0 saturated carbocycles. The number of allylic oxidation sites excluding steroid dienone is 3. The van der Waals surface area contributed by atoms with Gasteiger partial charge in [-0.15, -0.1) is 0 Å². The van der Waals surface area contributed by atoms with Gasteiger partial charge in [-0.05, 0) is 32.1 Å². The van der Waals surface area contributed by atoms with Crippen LogP contribution in [-0.4, -0.2) is 76.0 Å². The van der Waals surface area contributed by atoms with Crippen LogP contribution in [-0.2, 0) is 9.59 Å². The van der Waals surface area contributed by atoms with E-state index in [0.717, 1.165) is 6.07 Å². The summed E-state index contributed by atoms with van der Waals surface area (Å²) in [5.41, 5.74) is -0.587. The van der Waals surface area contributed by atoms with E-state index in [1.807, 2.05) is 6.92 Å². The number of benzene rings is 1. The first-order valence-electron chi connectivity index (χ1n) is 11.8. The minimum Gasteiger partial charge on any atom is -0.477 e. The molecule has 3 heterocycles. The van der Waals surface area contributed by atoms with Gasteiger partial charge in [-0.25, -0.2) is 9.18 Å². The number of fused-ring (bicyclic) bond motifs is 3. The van der Waals surface area contributed by atoms with Gasteiger partial charge in [0.25, 0.3) is 5.91 Å². The number of rotatable bonds is 7. The van der Waals surface area contributed by atoms with Crippen molar-refractivity contribution < 1.29 is 29.1 Å².